The minimum absolute atomic E-state index is 0.474. The first-order chi connectivity index (χ1) is 10.2. The number of nitrogen functional groups attached to an aromatic ring is 1. The van der Waals surface area contributed by atoms with Gasteiger partial charge in [-0.25, -0.2) is 9.67 Å². The van der Waals surface area contributed by atoms with Crippen molar-refractivity contribution in [1.82, 2.24) is 19.3 Å². The van der Waals surface area contributed by atoms with Crippen LogP contribution in [0, 0.1) is 6.92 Å². The summed E-state index contributed by atoms with van der Waals surface area (Å²) < 4.78 is 9.06. The van der Waals surface area contributed by atoms with Crippen molar-refractivity contribution in [3.05, 3.63) is 35.5 Å². The molecule has 0 bridgehead atoms. The summed E-state index contributed by atoms with van der Waals surface area (Å²) in [5.41, 5.74) is 10.9. The van der Waals surface area contributed by atoms with Crippen LogP contribution in [-0.4, -0.2) is 26.4 Å². The Hall–Kier alpha value is -2.34. The number of fused-ring (bicyclic) bond motifs is 1. The van der Waals surface area contributed by atoms with E-state index in [-0.39, 0.29) is 0 Å². The highest BCUT2D eigenvalue weighted by Gasteiger charge is 2.17. The summed E-state index contributed by atoms with van der Waals surface area (Å²) in [4.78, 5) is 4.46. The van der Waals surface area contributed by atoms with Gasteiger partial charge >= 0.3 is 0 Å². The molecule has 0 aliphatic carbocycles. The molecule has 0 atom stereocenters. The Labute approximate surface area is 123 Å². The molecule has 0 radical (unpaired) electrons. The molecule has 2 N–H and O–H groups in total. The Balaban J connectivity index is 2.24. The third kappa shape index (κ3) is 2.17. The fourth-order valence-electron chi connectivity index (χ4n) is 2.61. The van der Waals surface area contributed by atoms with Crippen LogP contribution in [0.1, 0.15) is 18.2 Å². The normalized spacial score (nSPS) is 11.4. The van der Waals surface area contributed by atoms with Crippen molar-refractivity contribution in [1.29, 1.82) is 0 Å². The number of anilines is 1. The van der Waals surface area contributed by atoms with Gasteiger partial charge in [-0.3, -0.25) is 4.57 Å². The summed E-state index contributed by atoms with van der Waals surface area (Å²) in [6.45, 7) is 5.35. The summed E-state index contributed by atoms with van der Waals surface area (Å²) in [6, 6.07) is 8.09. The summed E-state index contributed by atoms with van der Waals surface area (Å²) >= 11 is 0. The number of aromatic nitrogens is 4. The van der Waals surface area contributed by atoms with Crippen LogP contribution in [0.25, 0.3) is 16.9 Å². The van der Waals surface area contributed by atoms with E-state index in [4.69, 9.17) is 10.5 Å². The average molecular weight is 285 g/mol. The molecule has 6 heteroatoms. The molecule has 6 nitrogen and oxygen atoms in total. The van der Waals surface area contributed by atoms with Crippen LogP contribution < -0.4 is 5.73 Å². The van der Waals surface area contributed by atoms with Crippen LogP contribution in [0.5, 0.6) is 0 Å². The quantitative estimate of drug-likeness (QED) is 0.798. The lowest BCUT2D eigenvalue weighted by atomic mass is 10.2. The second-order valence-electron chi connectivity index (χ2n) is 4.98. The largest absolute Gasteiger partial charge is 0.380 e. The Morgan fingerprint density at radius 2 is 2.14 bits per heavy atom. The molecule has 3 rings (SSSR count). The van der Waals surface area contributed by atoms with Crippen LogP contribution >= 0.6 is 0 Å². The number of rotatable bonds is 4. The van der Waals surface area contributed by atoms with E-state index in [1.165, 1.54) is 0 Å². The van der Waals surface area contributed by atoms with E-state index < -0.39 is 0 Å². The molecular weight excluding hydrogens is 266 g/mol. The zero-order chi connectivity index (χ0) is 15.0. The number of nitrogens with two attached hydrogens (primary N) is 1. The molecule has 0 aliphatic heterocycles. The number of hydrogen-bond acceptors (Lipinski definition) is 4. The smallest absolute Gasteiger partial charge is 0.207 e. The van der Waals surface area contributed by atoms with Gasteiger partial charge in [-0.15, -0.1) is 0 Å². The van der Waals surface area contributed by atoms with E-state index in [0.29, 0.717) is 12.6 Å². The van der Waals surface area contributed by atoms with Crippen molar-refractivity contribution in [2.24, 2.45) is 0 Å². The van der Waals surface area contributed by atoms with Crippen molar-refractivity contribution in [3.8, 4) is 5.69 Å². The van der Waals surface area contributed by atoms with E-state index >= 15 is 0 Å². The first-order valence-electron chi connectivity index (χ1n) is 6.95. The van der Waals surface area contributed by atoms with Crippen molar-refractivity contribution >= 4 is 17.1 Å². The Bertz CT molecular complexity index is 787. The average Bonchev–Trinajstić information content (AvgIpc) is 2.96. The molecule has 0 aliphatic rings. The molecule has 2 heterocycles. The fourth-order valence-corrected chi connectivity index (χ4v) is 2.61. The van der Waals surface area contributed by atoms with Gasteiger partial charge < -0.3 is 10.5 Å². The molecule has 110 valence electrons. The highest BCUT2D eigenvalue weighted by molar-refractivity contribution is 5.80. The third-order valence-corrected chi connectivity index (χ3v) is 3.52. The van der Waals surface area contributed by atoms with E-state index in [1.807, 2.05) is 34.4 Å². The SMILES string of the molecule is CCn1nc(C)c2nc(N)n(-c3cccc(COC)c3)c21. The standard InChI is InChI=1S/C15H19N5O/c1-4-19-14-13(10(2)18-19)17-15(16)20(14)12-7-5-6-11(8-12)9-21-3/h5-8H,4,9H2,1-3H3,(H2,16,17). The number of ether oxygens (including phenoxy) is 1. The van der Waals surface area contributed by atoms with E-state index in [2.05, 4.69) is 23.1 Å². The highest BCUT2D eigenvalue weighted by atomic mass is 16.5. The molecule has 0 amide bonds. The van der Waals surface area contributed by atoms with Gasteiger partial charge in [0, 0.05) is 13.7 Å². The Morgan fingerprint density at radius 3 is 2.86 bits per heavy atom. The zero-order valence-corrected chi connectivity index (χ0v) is 12.5. The van der Waals surface area contributed by atoms with Gasteiger partial charge in [0.05, 0.1) is 18.0 Å². The third-order valence-electron chi connectivity index (χ3n) is 3.52. The second-order valence-corrected chi connectivity index (χ2v) is 4.98. The lowest BCUT2D eigenvalue weighted by molar-refractivity contribution is 0.185. The maximum Gasteiger partial charge on any atom is 0.207 e. The summed E-state index contributed by atoms with van der Waals surface area (Å²) in [5, 5.41) is 4.51. The zero-order valence-electron chi connectivity index (χ0n) is 12.5. The number of methoxy groups -OCH3 is 1. The number of aryl methyl sites for hydroxylation is 2. The summed E-state index contributed by atoms with van der Waals surface area (Å²) in [5.74, 6) is 0.474. The monoisotopic (exact) mass is 285 g/mol. The van der Waals surface area contributed by atoms with E-state index in [9.17, 15) is 0 Å². The first-order valence-corrected chi connectivity index (χ1v) is 6.95. The van der Waals surface area contributed by atoms with Crippen LogP contribution in [0.3, 0.4) is 0 Å². The van der Waals surface area contributed by atoms with Gasteiger partial charge in [0.15, 0.2) is 5.65 Å². The first kappa shape index (κ1) is 13.6. The molecule has 21 heavy (non-hydrogen) atoms. The van der Waals surface area contributed by atoms with Crippen LogP contribution in [0.4, 0.5) is 5.95 Å². The van der Waals surface area contributed by atoms with E-state index in [0.717, 1.165) is 34.7 Å². The van der Waals surface area contributed by atoms with Crippen molar-refractivity contribution < 1.29 is 4.74 Å². The fraction of sp³-hybridized carbons (Fsp3) is 0.333. The number of nitrogens with zero attached hydrogens (tertiary/aromatic N) is 4. The van der Waals surface area contributed by atoms with Crippen molar-refractivity contribution in [3.63, 3.8) is 0 Å². The van der Waals surface area contributed by atoms with Crippen molar-refractivity contribution in [2.75, 3.05) is 12.8 Å². The molecule has 0 saturated carbocycles. The Morgan fingerprint density at radius 1 is 1.33 bits per heavy atom. The molecule has 0 unspecified atom stereocenters. The lowest BCUT2D eigenvalue weighted by Gasteiger charge is -2.09. The maximum atomic E-state index is 6.13. The molecule has 0 spiro atoms. The molecule has 0 saturated heterocycles. The molecule has 3 aromatic rings. The molecular formula is C15H19N5O. The lowest BCUT2D eigenvalue weighted by Crippen LogP contribution is -2.07. The number of imidazole rings is 1. The van der Waals surface area contributed by atoms with Crippen LogP contribution in [0.2, 0.25) is 0 Å². The number of benzene rings is 1. The van der Waals surface area contributed by atoms with Gasteiger partial charge in [-0.1, -0.05) is 12.1 Å². The maximum absolute atomic E-state index is 6.13. The summed E-state index contributed by atoms with van der Waals surface area (Å²) in [7, 11) is 1.69. The van der Waals surface area contributed by atoms with E-state index in [1.54, 1.807) is 7.11 Å². The van der Waals surface area contributed by atoms with Gasteiger partial charge in [-0.05, 0) is 31.5 Å². The molecule has 1 aromatic carbocycles. The Kier molecular flexibility index (Phi) is 3.39. The highest BCUT2D eigenvalue weighted by Crippen LogP contribution is 2.25. The second kappa shape index (κ2) is 5.21. The predicted molar refractivity (Wildman–Crippen MR) is 82.4 cm³/mol. The van der Waals surface area contributed by atoms with Gasteiger partial charge in [0.25, 0.3) is 0 Å². The van der Waals surface area contributed by atoms with Crippen molar-refractivity contribution in [2.45, 2.75) is 27.0 Å². The van der Waals surface area contributed by atoms with Gasteiger partial charge in [-0.2, -0.15) is 5.10 Å². The molecule has 0 fully saturated rings. The molecule has 2 aromatic heterocycles. The van der Waals surface area contributed by atoms with Gasteiger partial charge in [0.2, 0.25) is 5.95 Å². The predicted octanol–water partition coefficient (Wildman–Crippen LogP) is 2.28. The minimum atomic E-state index is 0.474. The topological polar surface area (TPSA) is 70.9 Å². The minimum Gasteiger partial charge on any atom is -0.380 e. The number of hydrogen-bond donors (Lipinski definition) is 1. The summed E-state index contributed by atoms with van der Waals surface area (Å²) in [6.07, 6.45) is 0. The van der Waals surface area contributed by atoms with Crippen LogP contribution in [0.15, 0.2) is 24.3 Å². The van der Waals surface area contributed by atoms with Gasteiger partial charge in [0.1, 0.15) is 5.52 Å². The van der Waals surface area contributed by atoms with Crippen LogP contribution in [-0.2, 0) is 17.9 Å².